The predicted molar refractivity (Wildman–Crippen MR) is 48.0 cm³/mol. The van der Waals surface area contributed by atoms with Gasteiger partial charge in [-0.1, -0.05) is 24.3 Å². The van der Waals surface area contributed by atoms with Crippen LogP contribution in [0.15, 0.2) is 60.9 Å². The normalized spacial score (nSPS) is 9.67. The first-order valence-electron chi connectivity index (χ1n) is 3.98. The molecule has 0 N–H and O–H groups in total. The van der Waals surface area contributed by atoms with Crippen LogP contribution in [-0.2, 0) is 0 Å². The highest BCUT2D eigenvalue weighted by Gasteiger charge is 1.99. The summed E-state index contributed by atoms with van der Waals surface area (Å²) < 4.78 is 2.08. The number of rotatable bonds is 1. The Morgan fingerprint density at radius 1 is 0.667 bits per heavy atom. The van der Waals surface area contributed by atoms with Crippen LogP contribution in [0.1, 0.15) is 0 Å². The van der Waals surface area contributed by atoms with E-state index in [1.807, 2.05) is 48.8 Å². The molecule has 0 atom stereocenters. The average molecular weight is 156 g/mol. The second-order valence-corrected chi connectivity index (χ2v) is 2.62. The van der Waals surface area contributed by atoms with Gasteiger partial charge in [-0.25, -0.2) is 0 Å². The van der Waals surface area contributed by atoms with Crippen molar-refractivity contribution in [2.45, 2.75) is 0 Å². The predicted octanol–water partition coefficient (Wildman–Crippen LogP) is 1.96. The molecule has 0 aliphatic heterocycles. The van der Waals surface area contributed by atoms with Crippen molar-refractivity contribution in [3.8, 4) is 5.69 Å². The first-order chi connectivity index (χ1) is 5.97. The topological polar surface area (TPSA) is 3.88 Å². The fraction of sp³-hybridized carbons (Fsp3) is 0. The van der Waals surface area contributed by atoms with Crippen LogP contribution in [0.25, 0.3) is 5.69 Å². The minimum atomic E-state index is 1.19. The third kappa shape index (κ3) is 1.35. The van der Waals surface area contributed by atoms with Crippen LogP contribution in [0.3, 0.4) is 0 Å². The van der Waals surface area contributed by atoms with Crippen LogP contribution in [-0.4, -0.2) is 0 Å². The monoisotopic (exact) mass is 156 g/mol. The summed E-state index contributed by atoms with van der Waals surface area (Å²) in [6.45, 7) is 0. The van der Waals surface area contributed by atoms with Gasteiger partial charge in [-0.2, -0.15) is 4.57 Å². The van der Waals surface area contributed by atoms with Gasteiger partial charge in [-0.15, -0.1) is 0 Å². The Morgan fingerprint density at radius 3 is 1.92 bits per heavy atom. The molecule has 0 aliphatic rings. The molecule has 0 amide bonds. The van der Waals surface area contributed by atoms with Crippen LogP contribution >= 0.6 is 0 Å². The molecule has 0 radical (unpaired) electrons. The number of nitrogens with zero attached hydrogens (tertiary/aromatic N) is 1. The molecule has 1 aromatic heterocycles. The van der Waals surface area contributed by atoms with Crippen molar-refractivity contribution >= 4 is 0 Å². The Labute approximate surface area is 71.9 Å². The second kappa shape index (κ2) is 3.18. The lowest BCUT2D eigenvalue weighted by molar-refractivity contribution is -0.595. The molecule has 1 heterocycles. The van der Waals surface area contributed by atoms with Crippen molar-refractivity contribution in [3.05, 3.63) is 60.9 Å². The number of pyridine rings is 1. The average Bonchev–Trinajstić information content (AvgIpc) is 2.21. The van der Waals surface area contributed by atoms with Gasteiger partial charge < -0.3 is 0 Å². The van der Waals surface area contributed by atoms with Crippen LogP contribution in [0.4, 0.5) is 0 Å². The number of hydrogen-bond donors (Lipinski definition) is 0. The van der Waals surface area contributed by atoms with Gasteiger partial charge in [0.1, 0.15) is 0 Å². The molecule has 2 aromatic rings. The molecule has 0 saturated carbocycles. The minimum absolute atomic E-state index is 1.19. The minimum Gasteiger partial charge on any atom is -0.167 e. The number of aromatic nitrogens is 1. The lowest BCUT2D eigenvalue weighted by Gasteiger charge is -1.92. The van der Waals surface area contributed by atoms with E-state index in [-0.39, 0.29) is 0 Å². The Morgan fingerprint density at radius 2 is 1.25 bits per heavy atom. The van der Waals surface area contributed by atoms with Gasteiger partial charge in [0.2, 0.25) is 5.69 Å². The lowest BCUT2D eigenvalue weighted by atomic mass is 10.3. The molecule has 1 heteroatoms. The zero-order valence-corrected chi connectivity index (χ0v) is 6.72. The largest absolute Gasteiger partial charge is 0.210 e. The van der Waals surface area contributed by atoms with E-state index in [4.69, 9.17) is 0 Å². The lowest BCUT2D eigenvalue weighted by Crippen LogP contribution is -2.28. The summed E-state index contributed by atoms with van der Waals surface area (Å²) in [6.07, 6.45) is 4.07. The molecule has 1 nitrogen and oxygen atoms in total. The van der Waals surface area contributed by atoms with Gasteiger partial charge in [0.05, 0.1) is 0 Å². The third-order valence-corrected chi connectivity index (χ3v) is 1.77. The highest BCUT2D eigenvalue weighted by Crippen LogP contribution is 1.96. The molecule has 0 aliphatic carbocycles. The molecule has 0 bridgehead atoms. The summed E-state index contributed by atoms with van der Waals surface area (Å²) >= 11 is 0. The molecular weight excluding hydrogens is 146 g/mol. The van der Waals surface area contributed by atoms with Crippen LogP contribution in [0.5, 0.6) is 0 Å². The molecule has 2 rings (SSSR count). The molecule has 58 valence electrons. The van der Waals surface area contributed by atoms with E-state index in [1.54, 1.807) is 0 Å². The van der Waals surface area contributed by atoms with Gasteiger partial charge in [0.15, 0.2) is 12.4 Å². The van der Waals surface area contributed by atoms with Crippen molar-refractivity contribution < 1.29 is 4.57 Å². The molecule has 12 heavy (non-hydrogen) atoms. The maximum Gasteiger partial charge on any atom is 0.210 e. The van der Waals surface area contributed by atoms with Gasteiger partial charge in [-0.05, 0) is 0 Å². The van der Waals surface area contributed by atoms with E-state index in [0.29, 0.717) is 0 Å². The molecule has 1 aromatic carbocycles. The van der Waals surface area contributed by atoms with Crippen molar-refractivity contribution in [2.24, 2.45) is 0 Å². The van der Waals surface area contributed by atoms with E-state index in [9.17, 15) is 0 Å². The van der Waals surface area contributed by atoms with Crippen molar-refractivity contribution in [1.29, 1.82) is 0 Å². The van der Waals surface area contributed by atoms with Crippen molar-refractivity contribution in [3.63, 3.8) is 0 Å². The summed E-state index contributed by atoms with van der Waals surface area (Å²) in [6, 6.07) is 16.3. The van der Waals surface area contributed by atoms with E-state index in [2.05, 4.69) is 16.7 Å². The fourth-order valence-electron chi connectivity index (χ4n) is 1.17. The second-order valence-electron chi connectivity index (χ2n) is 2.62. The van der Waals surface area contributed by atoms with Crippen LogP contribution < -0.4 is 4.57 Å². The summed E-state index contributed by atoms with van der Waals surface area (Å²) in [4.78, 5) is 0. The van der Waals surface area contributed by atoms with Crippen LogP contribution in [0, 0.1) is 0 Å². The maximum absolute atomic E-state index is 2.08. The van der Waals surface area contributed by atoms with Crippen LogP contribution in [0.2, 0.25) is 0 Å². The molecular formula is C11H10N+. The molecule has 0 spiro atoms. The van der Waals surface area contributed by atoms with E-state index < -0.39 is 0 Å². The maximum atomic E-state index is 2.08. The molecule has 0 saturated heterocycles. The first kappa shape index (κ1) is 7.04. The van der Waals surface area contributed by atoms with Gasteiger partial charge >= 0.3 is 0 Å². The van der Waals surface area contributed by atoms with E-state index in [1.165, 1.54) is 5.69 Å². The van der Waals surface area contributed by atoms with Gasteiger partial charge in [0.25, 0.3) is 0 Å². The summed E-state index contributed by atoms with van der Waals surface area (Å²) in [5, 5.41) is 0. The summed E-state index contributed by atoms with van der Waals surface area (Å²) in [5.41, 5.74) is 1.19. The molecule has 0 unspecified atom stereocenters. The number of para-hydroxylation sites is 1. The quantitative estimate of drug-likeness (QED) is 0.556. The zero-order chi connectivity index (χ0) is 8.23. The Hall–Kier alpha value is -1.63. The number of hydrogen-bond acceptors (Lipinski definition) is 0. The zero-order valence-electron chi connectivity index (χ0n) is 6.72. The first-order valence-corrected chi connectivity index (χ1v) is 3.98. The number of benzene rings is 1. The van der Waals surface area contributed by atoms with Crippen molar-refractivity contribution in [1.82, 2.24) is 0 Å². The Kier molecular flexibility index (Phi) is 1.87. The smallest absolute Gasteiger partial charge is 0.167 e. The fourth-order valence-corrected chi connectivity index (χ4v) is 1.17. The molecule has 0 fully saturated rings. The standard InChI is InChI=1S/C11H10N/c1-3-7-11(8-4-1)12-9-5-2-6-10-12/h1-10H/q+1. The Balaban J connectivity index is 2.46. The van der Waals surface area contributed by atoms with Gasteiger partial charge in [-0.3, -0.25) is 0 Å². The highest BCUT2D eigenvalue weighted by molar-refractivity contribution is 5.21. The SMILES string of the molecule is c1ccc(-[n+]2ccccc2)cc1. The Bertz CT molecular complexity index is 302. The van der Waals surface area contributed by atoms with Crippen molar-refractivity contribution in [2.75, 3.05) is 0 Å². The van der Waals surface area contributed by atoms with E-state index in [0.717, 1.165) is 0 Å². The summed E-state index contributed by atoms with van der Waals surface area (Å²) in [7, 11) is 0. The third-order valence-electron chi connectivity index (χ3n) is 1.77. The highest BCUT2D eigenvalue weighted by atomic mass is 14.9. The summed E-state index contributed by atoms with van der Waals surface area (Å²) in [5.74, 6) is 0. The van der Waals surface area contributed by atoms with E-state index >= 15 is 0 Å². The van der Waals surface area contributed by atoms with Gasteiger partial charge in [0, 0.05) is 24.3 Å².